The zero-order chi connectivity index (χ0) is 15.9. The Morgan fingerprint density at radius 2 is 2.00 bits per heavy atom. The Labute approximate surface area is 135 Å². The minimum atomic E-state index is 0.345. The molecule has 1 saturated heterocycles. The van der Waals surface area contributed by atoms with Gasteiger partial charge in [0.1, 0.15) is 0 Å². The van der Waals surface area contributed by atoms with Crippen LogP contribution in [0.1, 0.15) is 38.2 Å². The topological polar surface area (TPSA) is 23.6 Å². The lowest BCUT2D eigenvalue weighted by Crippen LogP contribution is -2.51. The molecule has 122 valence electrons. The Morgan fingerprint density at radius 1 is 1.27 bits per heavy atom. The van der Waals surface area contributed by atoms with Crippen LogP contribution in [-0.2, 0) is 11.2 Å². The molecular weight excluding hydrogens is 272 g/mol. The van der Waals surface area contributed by atoms with Crippen molar-refractivity contribution in [1.82, 2.24) is 9.80 Å². The van der Waals surface area contributed by atoms with Crippen molar-refractivity contribution in [2.24, 2.45) is 5.92 Å². The third-order valence-corrected chi connectivity index (χ3v) is 4.79. The molecule has 1 aromatic carbocycles. The maximum atomic E-state index is 12.3. The second-order valence-corrected chi connectivity index (χ2v) is 6.71. The molecule has 1 fully saturated rings. The average molecular weight is 302 g/mol. The van der Waals surface area contributed by atoms with E-state index < -0.39 is 0 Å². The van der Waals surface area contributed by atoms with Gasteiger partial charge in [0.15, 0.2) is 0 Å². The smallest absolute Gasteiger partial charge is 0.222 e. The normalized spacial score (nSPS) is 22.1. The van der Waals surface area contributed by atoms with Crippen LogP contribution in [0.4, 0.5) is 0 Å². The van der Waals surface area contributed by atoms with Gasteiger partial charge in [-0.05, 0) is 44.8 Å². The summed E-state index contributed by atoms with van der Waals surface area (Å²) in [4.78, 5) is 16.8. The molecule has 0 aromatic heterocycles. The number of likely N-dealkylation sites (tertiary alicyclic amines) is 1. The zero-order valence-corrected chi connectivity index (χ0v) is 14.3. The van der Waals surface area contributed by atoms with Gasteiger partial charge in [-0.1, -0.05) is 43.7 Å². The highest BCUT2D eigenvalue weighted by atomic mass is 16.2. The number of carbonyl (C=O) groups is 1. The molecule has 2 unspecified atom stereocenters. The van der Waals surface area contributed by atoms with Crippen molar-refractivity contribution in [3.8, 4) is 0 Å². The molecule has 3 heteroatoms. The molecule has 22 heavy (non-hydrogen) atoms. The number of amides is 1. The number of benzene rings is 1. The van der Waals surface area contributed by atoms with E-state index in [1.165, 1.54) is 5.56 Å². The zero-order valence-electron chi connectivity index (χ0n) is 14.3. The van der Waals surface area contributed by atoms with Gasteiger partial charge in [0.05, 0.1) is 0 Å². The first-order valence-corrected chi connectivity index (χ1v) is 8.60. The predicted molar refractivity (Wildman–Crippen MR) is 91.8 cm³/mol. The van der Waals surface area contributed by atoms with Crippen molar-refractivity contribution in [2.45, 2.75) is 45.1 Å². The van der Waals surface area contributed by atoms with Gasteiger partial charge in [0, 0.05) is 25.6 Å². The van der Waals surface area contributed by atoms with Gasteiger partial charge in [-0.2, -0.15) is 0 Å². The Bertz CT molecular complexity index is 458. The molecule has 1 heterocycles. The van der Waals surface area contributed by atoms with E-state index in [0.717, 1.165) is 38.8 Å². The summed E-state index contributed by atoms with van der Waals surface area (Å²) in [5.41, 5.74) is 1.38. The molecule has 0 bridgehead atoms. The molecule has 0 radical (unpaired) electrons. The number of hydrogen-bond donors (Lipinski definition) is 0. The van der Waals surface area contributed by atoms with Gasteiger partial charge in [0.2, 0.25) is 5.91 Å². The number of nitrogens with zero attached hydrogens (tertiary/aromatic N) is 2. The molecule has 2 atom stereocenters. The third kappa shape index (κ3) is 4.57. The minimum Gasteiger partial charge on any atom is -0.342 e. The molecular formula is C19H30N2O. The molecule has 0 saturated carbocycles. The van der Waals surface area contributed by atoms with Gasteiger partial charge in [-0.25, -0.2) is 0 Å². The highest BCUT2D eigenvalue weighted by Crippen LogP contribution is 2.25. The van der Waals surface area contributed by atoms with Crippen LogP contribution < -0.4 is 0 Å². The molecule has 3 nitrogen and oxygen atoms in total. The van der Waals surface area contributed by atoms with E-state index in [4.69, 9.17) is 0 Å². The van der Waals surface area contributed by atoms with Crippen LogP contribution in [0.3, 0.4) is 0 Å². The SMILES string of the molecule is CCCCC(=O)N1CCC(N(C)C)C(Cc2ccccc2)C1. The minimum absolute atomic E-state index is 0.345. The first-order valence-electron chi connectivity index (χ1n) is 8.60. The Morgan fingerprint density at radius 3 is 2.64 bits per heavy atom. The number of carbonyl (C=O) groups excluding carboxylic acids is 1. The van der Waals surface area contributed by atoms with Crippen LogP contribution >= 0.6 is 0 Å². The fraction of sp³-hybridized carbons (Fsp3) is 0.632. The van der Waals surface area contributed by atoms with E-state index in [2.05, 4.69) is 61.2 Å². The fourth-order valence-corrected chi connectivity index (χ4v) is 3.53. The number of hydrogen-bond acceptors (Lipinski definition) is 2. The fourth-order valence-electron chi connectivity index (χ4n) is 3.53. The third-order valence-electron chi connectivity index (χ3n) is 4.79. The number of unbranched alkanes of at least 4 members (excludes halogenated alkanes) is 1. The standard InChI is InChI=1S/C19H30N2O/c1-4-5-11-19(22)21-13-12-18(20(2)3)17(15-21)14-16-9-7-6-8-10-16/h6-10,17-18H,4-5,11-15H2,1-3H3. The number of piperidine rings is 1. The van der Waals surface area contributed by atoms with Gasteiger partial charge in [-0.3, -0.25) is 4.79 Å². The molecule has 1 aliphatic heterocycles. The van der Waals surface area contributed by atoms with E-state index >= 15 is 0 Å². The van der Waals surface area contributed by atoms with E-state index in [1.807, 2.05) is 0 Å². The summed E-state index contributed by atoms with van der Waals surface area (Å²) in [6, 6.07) is 11.2. The maximum absolute atomic E-state index is 12.3. The van der Waals surface area contributed by atoms with Crippen LogP contribution in [0.2, 0.25) is 0 Å². The predicted octanol–water partition coefficient (Wildman–Crippen LogP) is 3.20. The maximum Gasteiger partial charge on any atom is 0.222 e. The Hall–Kier alpha value is -1.35. The van der Waals surface area contributed by atoms with E-state index in [-0.39, 0.29) is 0 Å². The summed E-state index contributed by atoms with van der Waals surface area (Å²) in [5.74, 6) is 0.869. The van der Waals surface area contributed by atoms with E-state index in [1.54, 1.807) is 0 Å². The molecule has 0 N–H and O–H groups in total. The van der Waals surface area contributed by atoms with Gasteiger partial charge >= 0.3 is 0 Å². The molecule has 1 amide bonds. The average Bonchev–Trinajstić information content (AvgIpc) is 2.53. The lowest BCUT2D eigenvalue weighted by Gasteiger charge is -2.42. The molecule has 1 aromatic rings. The van der Waals surface area contributed by atoms with Crippen LogP contribution in [0, 0.1) is 5.92 Å². The van der Waals surface area contributed by atoms with Crippen molar-refractivity contribution in [3.05, 3.63) is 35.9 Å². The summed E-state index contributed by atoms with van der Waals surface area (Å²) < 4.78 is 0. The van der Waals surface area contributed by atoms with E-state index in [0.29, 0.717) is 24.3 Å². The summed E-state index contributed by atoms with van der Waals surface area (Å²) in [5, 5.41) is 0. The Kier molecular flexibility index (Phi) is 6.44. The number of rotatable bonds is 6. The van der Waals surface area contributed by atoms with Crippen molar-refractivity contribution < 1.29 is 4.79 Å². The van der Waals surface area contributed by atoms with Gasteiger partial charge in [0.25, 0.3) is 0 Å². The van der Waals surface area contributed by atoms with Crippen LogP contribution in [0.5, 0.6) is 0 Å². The second-order valence-electron chi connectivity index (χ2n) is 6.71. The highest BCUT2D eigenvalue weighted by molar-refractivity contribution is 5.76. The van der Waals surface area contributed by atoms with Crippen LogP contribution in [0.25, 0.3) is 0 Å². The first-order chi connectivity index (χ1) is 10.6. The summed E-state index contributed by atoms with van der Waals surface area (Å²) >= 11 is 0. The van der Waals surface area contributed by atoms with Crippen LogP contribution in [0.15, 0.2) is 30.3 Å². The van der Waals surface area contributed by atoms with Crippen molar-refractivity contribution in [3.63, 3.8) is 0 Å². The lowest BCUT2D eigenvalue weighted by molar-refractivity contribution is -0.134. The van der Waals surface area contributed by atoms with Crippen molar-refractivity contribution in [2.75, 3.05) is 27.2 Å². The summed E-state index contributed by atoms with van der Waals surface area (Å²) in [6.07, 6.45) is 4.95. The van der Waals surface area contributed by atoms with Gasteiger partial charge < -0.3 is 9.80 Å². The van der Waals surface area contributed by atoms with E-state index in [9.17, 15) is 4.79 Å². The molecule has 2 rings (SSSR count). The van der Waals surface area contributed by atoms with Crippen molar-refractivity contribution in [1.29, 1.82) is 0 Å². The Balaban J connectivity index is 2.02. The molecule has 0 aliphatic carbocycles. The largest absolute Gasteiger partial charge is 0.342 e. The quantitative estimate of drug-likeness (QED) is 0.805. The first kappa shape index (κ1) is 17.0. The molecule has 1 aliphatic rings. The molecule has 0 spiro atoms. The monoisotopic (exact) mass is 302 g/mol. The summed E-state index contributed by atoms with van der Waals surface area (Å²) in [6.45, 7) is 3.96. The lowest BCUT2D eigenvalue weighted by atomic mass is 9.86. The summed E-state index contributed by atoms with van der Waals surface area (Å²) in [7, 11) is 4.33. The van der Waals surface area contributed by atoms with Crippen LogP contribution in [-0.4, -0.2) is 48.9 Å². The van der Waals surface area contributed by atoms with Gasteiger partial charge in [-0.15, -0.1) is 0 Å². The van der Waals surface area contributed by atoms with Crippen molar-refractivity contribution >= 4 is 5.91 Å². The second kappa shape index (κ2) is 8.33. The highest BCUT2D eigenvalue weighted by Gasteiger charge is 2.32.